The fourth-order valence-electron chi connectivity index (χ4n) is 3.39. The summed E-state index contributed by atoms with van der Waals surface area (Å²) in [6.45, 7) is 1.99. The minimum Gasteiger partial charge on any atom is -0.326 e. The average Bonchev–Trinajstić information content (AvgIpc) is 3.22. The number of carbonyl (C=O) groups excluding carboxylic acids is 1. The number of nitrogens with one attached hydrogen (secondary N) is 2. The fourth-order valence-corrected chi connectivity index (χ4v) is 5.73. The van der Waals surface area contributed by atoms with Crippen molar-refractivity contribution in [3.05, 3.63) is 54.9 Å². The van der Waals surface area contributed by atoms with E-state index in [1.54, 1.807) is 23.1 Å². The lowest BCUT2D eigenvalue weighted by Crippen LogP contribution is -2.13. The van der Waals surface area contributed by atoms with Crippen LogP contribution in [0.2, 0.25) is 0 Å². The van der Waals surface area contributed by atoms with Crippen molar-refractivity contribution in [3.63, 3.8) is 0 Å². The zero-order valence-corrected chi connectivity index (χ0v) is 18.7. The summed E-state index contributed by atoms with van der Waals surface area (Å²) < 4.78 is 1.02. The first-order valence-corrected chi connectivity index (χ1v) is 11.9. The van der Waals surface area contributed by atoms with E-state index in [1.165, 1.54) is 10.4 Å². The van der Waals surface area contributed by atoms with E-state index >= 15 is 0 Å². The number of aromatic nitrogens is 2. The Morgan fingerprint density at radius 3 is 3.07 bits per heavy atom. The second-order valence-electron chi connectivity index (χ2n) is 6.86. The van der Waals surface area contributed by atoms with Crippen molar-refractivity contribution in [1.29, 1.82) is 0 Å². The molecule has 2 aromatic heterocycles. The molecule has 1 aliphatic carbocycles. The Balaban J connectivity index is 1.31. The van der Waals surface area contributed by atoms with Gasteiger partial charge in [-0.1, -0.05) is 15.9 Å². The van der Waals surface area contributed by atoms with Crippen LogP contribution in [-0.2, 0) is 23.4 Å². The lowest BCUT2D eigenvalue weighted by Gasteiger charge is -2.07. The Bertz CT molecular complexity index is 1110. The predicted octanol–water partition coefficient (Wildman–Crippen LogP) is 4.81. The molecule has 5 nitrogen and oxygen atoms in total. The number of aromatic amines is 1. The Morgan fingerprint density at radius 1 is 1.39 bits per heavy atom. The predicted molar refractivity (Wildman–Crippen MR) is 121 cm³/mol. The van der Waals surface area contributed by atoms with E-state index in [0.29, 0.717) is 23.8 Å². The maximum Gasteiger partial charge on any atom is 0.259 e. The number of benzene rings is 1. The molecule has 1 aromatic carbocycles. The first kappa shape index (κ1) is 19.7. The maximum atomic E-state index is 12.5. The molecule has 8 heteroatoms. The van der Waals surface area contributed by atoms with Gasteiger partial charge in [0.25, 0.3) is 5.56 Å². The highest BCUT2D eigenvalue weighted by Gasteiger charge is 2.21. The van der Waals surface area contributed by atoms with Gasteiger partial charge in [0.2, 0.25) is 5.91 Å². The van der Waals surface area contributed by atoms with Crippen LogP contribution < -0.4 is 10.9 Å². The molecule has 0 saturated carbocycles. The number of anilines is 1. The van der Waals surface area contributed by atoms with Gasteiger partial charge in [-0.3, -0.25) is 9.59 Å². The third-order valence-corrected chi connectivity index (χ3v) is 7.82. The van der Waals surface area contributed by atoms with Gasteiger partial charge in [0.15, 0.2) is 0 Å². The van der Waals surface area contributed by atoms with Crippen LogP contribution in [-0.4, -0.2) is 21.6 Å². The topological polar surface area (TPSA) is 74.8 Å². The van der Waals surface area contributed by atoms with Crippen LogP contribution in [0, 0.1) is 6.92 Å². The van der Waals surface area contributed by atoms with Gasteiger partial charge in [0.05, 0.1) is 11.1 Å². The van der Waals surface area contributed by atoms with Crippen molar-refractivity contribution in [2.75, 3.05) is 11.1 Å². The number of H-pyrrole nitrogens is 1. The lowest BCUT2D eigenvalue weighted by molar-refractivity contribution is -0.115. The number of aryl methyl sites for hydroxylation is 3. The molecule has 3 aromatic rings. The Morgan fingerprint density at radius 2 is 2.25 bits per heavy atom. The largest absolute Gasteiger partial charge is 0.326 e. The molecular formula is C20H20BrN3O2S2. The van der Waals surface area contributed by atoms with E-state index in [9.17, 15) is 9.59 Å². The van der Waals surface area contributed by atoms with Crippen LogP contribution in [0.15, 0.2) is 27.5 Å². The average molecular weight is 478 g/mol. The Labute approximate surface area is 179 Å². The zero-order valence-electron chi connectivity index (χ0n) is 15.4. The lowest BCUT2D eigenvalue weighted by atomic mass is 10.2. The summed E-state index contributed by atoms with van der Waals surface area (Å²) >= 11 is 6.71. The van der Waals surface area contributed by atoms with Crippen LogP contribution in [0.4, 0.5) is 5.69 Å². The molecule has 146 valence electrons. The maximum absolute atomic E-state index is 12.5. The number of rotatable bonds is 6. The fraction of sp³-hybridized carbons (Fsp3) is 0.350. The molecule has 0 unspecified atom stereocenters. The van der Waals surface area contributed by atoms with Crippen LogP contribution in [0.25, 0.3) is 10.2 Å². The number of nitrogens with zero attached hydrogens (tertiary/aromatic N) is 1. The SMILES string of the molecule is Cc1cc(NC(=O)CCSCc2nc3sc4c(c3c(=O)[nH]2)CCC4)ccc1Br. The van der Waals surface area contributed by atoms with Gasteiger partial charge in [-0.25, -0.2) is 4.98 Å². The summed E-state index contributed by atoms with van der Waals surface area (Å²) in [7, 11) is 0. The first-order valence-electron chi connectivity index (χ1n) is 9.18. The van der Waals surface area contributed by atoms with Crippen LogP contribution in [0.5, 0.6) is 0 Å². The van der Waals surface area contributed by atoms with Crippen LogP contribution in [0.3, 0.4) is 0 Å². The standard InChI is InChI=1S/C20H20BrN3O2S2/c1-11-9-12(5-6-14(11)21)22-17(25)7-8-27-10-16-23-19(26)18-13-3-2-4-15(13)28-20(18)24-16/h5-6,9H,2-4,7-8,10H2,1H3,(H,22,25)(H,23,24,26). The monoisotopic (exact) mass is 477 g/mol. The van der Waals surface area contributed by atoms with E-state index in [2.05, 4.69) is 31.2 Å². The van der Waals surface area contributed by atoms with Crippen LogP contribution >= 0.6 is 39.0 Å². The van der Waals surface area contributed by atoms with Gasteiger partial charge >= 0.3 is 0 Å². The molecule has 4 rings (SSSR count). The first-order chi connectivity index (χ1) is 13.5. The normalized spacial score (nSPS) is 13.1. The summed E-state index contributed by atoms with van der Waals surface area (Å²) in [5.41, 5.74) is 3.06. The summed E-state index contributed by atoms with van der Waals surface area (Å²) in [6.07, 6.45) is 3.60. The quantitative estimate of drug-likeness (QED) is 0.499. The minimum atomic E-state index is -0.0247. The highest BCUT2D eigenvalue weighted by molar-refractivity contribution is 9.10. The highest BCUT2D eigenvalue weighted by Crippen LogP contribution is 2.34. The van der Waals surface area contributed by atoms with E-state index in [4.69, 9.17) is 0 Å². The van der Waals surface area contributed by atoms with E-state index in [1.807, 2.05) is 25.1 Å². The summed E-state index contributed by atoms with van der Waals surface area (Å²) in [5.74, 6) is 1.94. The van der Waals surface area contributed by atoms with E-state index in [-0.39, 0.29) is 11.5 Å². The zero-order chi connectivity index (χ0) is 19.7. The molecular weight excluding hydrogens is 458 g/mol. The molecule has 0 radical (unpaired) electrons. The number of thiophene rings is 1. The van der Waals surface area contributed by atoms with Crippen molar-refractivity contribution < 1.29 is 4.79 Å². The Hall–Kier alpha value is -1.64. The van der Waals surface area contributed by atoms with Crippen molar-refractivity contribution in [2.24, 2.45) is 0 Å². The third kappa shape index (κ3) is 4.18. The molecule has 2 heterocycles. The summed E-state index contributed by atoms with van der Waals surface area (Å²) in [5, 5.41) is 3.71. The number of fused-ring (bicyclic) bond motifs is 3. The molecule has 0 fully saturated rings. The van der Waals surface area contributed by atoms with E-state index < -0.39 is 0 Å². The molecule has 1 amide bonds. The van der Waals surface area contributed by atoms with Crippen molar-refractivity contribution in [3.8, 4) is 0 Å². The van der Waals surface area contributed by atoms with Gasteiger partial charge < -0.3 is 10.3 Å². The van der Waals surface area contributed by atoms with Gasteiger partial charge in [-0.2, -0.15) is 11.8 Å². The smallest absolute Gasteiger partial charge is 0.259 e. The molecule has 28 heavy (non-hydrogen) atoms. The number of halogens is 1. The molecule has 1 aliphatic rings. The number of hydrogen-bond donors (Lipinski definition) is 2. The second kappa shape index (κ2) is 8.39. The van der Waals surface area contributed by atoms with Crippen molar-refractivity contribution in [1.82, 2.24) is 9.97 Å². The summed E-state index contributed by atoms with van der Waals surface area (Å²) in [6, 6.07) is 5.75. The van der Waals surface area contributed by atoms with Crippen molar-refractivity contribution >= 4 is 60.8 Å². The molecule has 0 bridgehead atoms. The van der Waals surface area contributed by atoms with Gasteiger partial charge in [-0.05, 0) is 55.5 Å². The van der Waals surface area contributed by atoms with Crippen LogP contribution in [0.1, 0.15) is 34.7 Å². The third-order valence-electron chi connectivity index (χ3n) is 4.78. The van der Waals surface area contributed by atoms with Crippen molar-refractivity contribution in [2.45, 2.75) is 38.4 Å². The second-order valence-corrected chi connectivity index (χ2v) is 9.91. The molecule has 0 spiro atoms. The molecule has 2 N–H and O–H groups in total. The van der Waals surface area contributed by atoms with Gasteiger partial charge in [-0.15, -0.1) is 11.3 Å². The minimum absolute atomic E-state index is 0.0131. The highest BCUT2D eigenvalue weighted by atomic mass is 79.9. The number of thioether (sulfide) groups is 1. The number of hydrogen-bond acceptors (Lipinski definition) is 5. The number of carbonyl (C=O) groups is 1. The number of amides is 1. The molecule has 0 aliphatic heterocycles. The molecule has 0 saturated heterocycles. The van der Waals surface area contributed by atoms with Gasteiger partial charge in [0.1, 0.15) is 10.7 Å². The summed E-state index contributed by atoms with van der Waals surface area (Å²) in [4.78, 5) is 34.3. The Kier molecular flexibility index (Phi) is 5.89. The van der Waals surface area contributed by atoms with Gasteiger partial charge in [0, 0.05) is 27.2 Å². The molecule has 0 atom stereocenters. The van der Waals surface area contributed by atoms with E-state index in [0.717, 1.165) is 45.2 Å².